The quantitative estimate of drug-likeness (QED) is 0.835. The fourth-order valence-electron chi connectivity index (χ4n) is 1.96. The van der Waals surface area contributed by atoms with Crippen LogP contribution < -0.4 is 10.6 Å². The van der Waals surface area contributed by atoms with Gasteiger partial charge in [-0.15, -0.1) is 12.4 Å². The SMILES string of the molecule is Cl.O=C(Cc1cc(F)ccc1F)NCC1=CCNCC1. The van der Waals surface area contributed by atoms with E-state index in [1.54, 1.807) is 0 Å². The van der Waals surface area contributed by atoms with Crippen LogP contribution >= 0.6 is 12.4 Å². The van der Waals surface area contributed by atoms with Crippen molar-refractivity contribution >= 4 is 18.3 Å². The van der Waals surface area contributed by atoms with Crippen LogP contribution in [0.15, 0.2) is 29.8 Å². The standard InChI is InChI=1S/C14H16F2N2O.ClH/c15-12-1-2-13(16)11(7-12)8-14(19)18-9-10-3-5-17-6-4-10;/h1-3,7,17H,4-6,8-9H2,(H,18,19);1H. The Morgan fingerprint density at radius 1 is 1.35 bits per heavy atom. The highest BCUT2D eigenvalue weighted by Crippen LogP contribution is 2.10. The summed E-state index contributed by atoms with van der Waals surface area (Å²) >= 11 is 0. The molecule has 0 bridgehead atoms. The van der Waals surface area contributed by atoms with Crippen LogP contribution in [0.1, 0.15) is 12.0 Å². The molecule has 1 amide bonds. The molecule has 110 valence electrons. The van der Waals surface area contributed by atoms with Crippen LogP contribution in [0.25, 0.3) is 0 Å². The summed E-state index contributed by atoms with van der Waals surface area (Å²) in [5, 5.41) is 5.90. The molecular formula is C14H17ClF2N2O. The van der Waals surface area contributed by atoms with Gasteiger partial charge in [-0.3, -0.25) is 4.79 Å². The van der Waals surface area contributed by atoms with Gasteiger partial charge in [-0.05, 0) is 31.2 Å². The molecule has 1 aliphatic rings. The Morgan fingerprint density at radius 2 is 2.15 bits per heavy atom. The second-order valence-electron chi connectivity index (χ2n) is 4.51. The number of halogens is 3. The molecule has 0 saturated carbocycles. The van der Waals surface area contributed by atoms with Crippen molar-refractivity contribution in [2.45, 2.75) is 12.8 Å². The number of hydrogen-bond donors (Lipinski definition) is 2. The van der Waals surface area contributed by atoms with E-state index in [1.807, 2.05) is 6.08 Å². The van der Waals surface area contributed by atoms with Crippen LogP contribution in [-0.4, -0.2) is 25.5 Å². The van der Waals surface area contributed by atoms with Crippen LogP contribution in [-0.2, 0) is 11.2 Å². The Hall–Kier alpha value is -1.46. The van der Waals surface area contributed by atoms with Crippen molar-refractivity contribution in [3.8, 4) is 0 Å². The lowest BCUT2D eigenvalue weighted by molar-refractivity contribution is -0.120. The first-order chi connectivity index (χ1) is 9.15. The lowest BCUT2D eigenvalue weighted by atomic mass is 10.1. The summed E-state index contributed by atoms with van der Waals surface area (Å²) in [5.41, 5.74) is 1.24. The molecular weight excluding hydrogens is 286 g/mol. The highest BCUT2D eigenvalue weighted by atomic mass is 35.5. The summed E-state index contributed by atoms with van der Waals surface area (Å²) in [4.78, 5) is 11.7. The molecule has 0 spiro atoms. The minimum Gasteiger partial charge on any atom is -0.352 e. The highest BCUT2D eigenvalue weighted by molar-refractivity contribution is 5.85. The van der Waals surface area contributed by atoms with Gasteiger partial charge in [0.05, 0.1) is 6.42 Å². The Bertz CT molecular complexity index is 506. The van der Waals surface area contributed by atoms with Gasteiger partial charge < -0.3 is 10.6 Å². The van der Waals surface area contributed by atoms with E-state index in [4.69, 9.17) is 0 Å². The molecule has 0 fully saturated rings. The van der Waals surface area contributed by atoms with E-state index < -0.39 is 11.6 Å². The van der Waals surface area contributed by atoms with Gasteiger partial charge in [-0.1, -0.05) is 11.6 Å². The van der Waals surface area contributed by atoms with Gasteiger partial charge in [0.1, 0.15) is 11.6 Å². The molecule has 0 atom stereocenters. The van der Waals surface area contributed by atoms with E-state index in [-0.39, 0.29) is 30.3 Å². The molecule has 20 heavy (non-hydrogen) atoms. The second-order valence-corrected chi connectivity index (χ2v) is 4.51. The second kappa shape index (κ2) is 7.97. The molecule has 0 radical (unpaired) electrons. The topological polar surface area (TPSA) is 41.1 Å². The minimum absolute atomic E-state index is 0. The zero-order valence-corrected chi connectivity index (χ0v) is 11.7. The van der Waals surface area contributed by atoms with Crippen molar-refractivity contribution in [1.29, 1.82) is 0 Å². The summed E-state index contributed by atoms with van der Waals surface area (Å²) in [6, 6.07) is 3.13. The van der Waals surface area contributed by atoms with Crippen molar-refractivity contribution in [3.05, 3.63) is 47.0 Å². The molecule has 0 saturated heterocycles. The maximum Gasteiger partial charge on any atom is 0.224 e. The first-order valence-corrected chi connectivity index (χ1v) is 6.24. The Kier molecular flexibility index (Phi) is 6.61. The van der Waals surface area contributed by atoms with Gasteiger partial charge in [-0.2, -0.15) is 0 Å². The van der Waals surface area contributed by atoms with E-state index in [2.05, 4.69) is 10.6 Å². The van der Waals surface area contributed by atoms with Crippen LogP contribution in [0.3, 0.4) is 0 Å². The number of carbonyl (C=O) groups excluding carboxylic acids is 1. The van der Waals surface area contributed by atoms with Gasteiger partial charge >= 0.3 is 0 Å². The first kappa shape index (κ1) is 16.6. The molecule has 0 unspecified atom stereocenters. The third kappa shape index (κ3) is 4.90. The molecule has 1 aromatic rings. The van der Waals surface area contributed by atoms with Crippen molar-refractivity contribution in [2.75, 3.05) is 19.6 Å². The molecule has 1 heterocycles. The third-order valence-corrected chi connectivity index (χ3v) is 3.03. The lowest BCUT2D eigenvalue weighted by Crippen LogP contribution is -2.30. The molecule has 0 aromatic heterocycles. The van der Waals surface area contributed by atoms with Gasteiger partial charge in [0, 0.05) is 18.7 Å². The van der Waals surface area contributed by atoms with Gasteiger partial charge in [0.2, 0.25) is 5.91 Å². The van der Waals surface area contributed by atoms with Gasteiger partial charge in [0.25, 0.3) is 0 Å². The average molecular weight is 303 g/mol. The Labute approximate surface area is 122 Å². The number of hydrogen-bond acceptors (Lipinski definition) is 2. The molecule has 6 heteroatoms. The van der Waals surface area contributed by atoms with Crippen molar-refractivity contribution in [1.82, 2.24) is 10.6 Å². The number of nitrogens with one attached hydrogen (secondary N) is 2. The fourth-order valence-corrected chi connectivity index (χ4v) is 1.96. The van der Waals surface area contributed by atoms with Gasteiger partial charge in [-0.25, -0.2) is 8.78 Å². The van der Waals surface area contributed by atoms with E-state index in [0.29, 0.717) is 6.54 Å². The van der Waals surface area contributed by atoms with Crippen LogP contribution in [0, 0.1) is 11.6 Å². The average Bonchev–Trinajstić information content (AvgIpc) is 2.42. The maximum absolute atomic E-state index is 13.4. The predicted octanol–water partition coefficient (Wildman–Crippen LogP) is 1.96. The minimum atomic E-state index is -0.558. The number of carbonyl (C=O) groups is 1. The number of amides is 1. The smallest absolute Gasteiger partial charge is 0.224 e. The fraction of sp³-hybridized carbons (Fsp3) is 0.357. The highest BCUT2D eigenvalue weighted by Gasteiger charge is 2.10. The molecule has 3 nitrogen and oxygen atoms in total. The molecule has 0 aliphatic carbocycles. The third-order valence-electron chi connectivity index (χ3n) is 3.03. The van der Waals surface area contributed by atoms with Crippen molar-refractivity contribution < 1.29 is 13.6 Å². The Balaban J connectivity index is 0.00000200. The van der Waals surface area contributed by atoms with Crippen LogP contribution in [0.5, 0.6) is 0 Å². The predicted molar refractivity (Wildman–Crippen MR) is 75.9 cm³/mol. The van der Waals surface area contributed by atoms with E-state index >= 15 is 0 Å². The van der Waals surface area contributed by atoms with Gasteiger partial charge in [0.15, 0.2) is 0 Å². The molecule has 2 rings (SSSR count). The van der Waals surface area contributed by atoms with Crippen LogP contribution in [0.4, 0.5) is 8.78 Å². The summed E-state index contributed by atoms with van der Waals surface area (Å²) in [6.45, 7) is 2.18. The van der Waals surface area contributed by atoms with E-state index in [1.165, 1.54) is 0 Å². The summed E-state index contributed by atoms with van der Waals surface area (Å²) in [6.07, 6.45) is 2.79. The van der Waals surface area contributed by atoms with Crippen molar-refractivity contribution in [2.24, 2.45) is 0 Å². The summed E-state index contributed by atoms with van der Waals surface area (Å²) in [7, 11) is 0. The number of benzene rings is 1. The monoisotopic (exact) mass is 302 g/mol. The molecule has 1 aliphatic heterocycles. The van der Waals surface area contributed by atoms with E-state index in [0.717, 1.165) is 43.3 Å². The molecule has 2 N–H and O–H groups in total. The maximum atomic E-state index is 13.4. The zero-order valence-electron chi connectivity index (χ0n) is 10.9. The normalized spacial score (nSPS) is 14.2. The molecule has 1 aromatic carbocycles. The lowest BCUT2D eigenvalue weighted by Gasteiger charge is -2.14. The first-order valence-electron chi connectivity index (χ1n) is 6.24. The van der Waals surface area contributed by atoms with E-state index in [9.17, 15) is 13.6 Å². The van der Waals surface area contributed by atoms with Crippen LogP contribution in [0.2, 0.25) is 0 Å². The summed E-state index contributed by atoms with van der Waals surface area (Å²) < 4.78 is 26.3. The zero-order chi connectivity index (χ0) is 13.7. The number of rotatable bonds is 4. The summed E-state index contributed by atoms with van der Waals surface area (Å²) in [5.74, 6) is -1.40. The largest absolute Gasteiger partial charge is 0.352 e. The Morgan fingerprint density at radius 3 is 2.85 bits per heavy atom. The van der Waals surface area contributed by atoms with Crippen molar-refractivity contribution in [3.63, 3.8) is 0 Å².